The molecule has 5 nitrogen and oxygen atoms in total. The fraction of sp³-hybridized carbons (Fsp3) is 0.0833. The van der Waals surface area contributed by atoms with Gasteiger partial charge in [0.25, 0.3) is 0 Å². The lowest BCUT2D eigenvalue weighted by Crippen LogP contribution is -2.01. The summed E-state index contributed by atoms with van der Waals surface area (Å²) in [7, 11) is 0. The van der Waals surface area contributed by atoms with Crippen molar-refractivity contribution < 1.29 is 14.3 Å². The highest BCUT2D eigenvalue weighted by Gasteiger charge is 2.10. The van der Waals surface area contributed by atoms with E-state index in [4.69, 9.17) is 10.4 Å². The lowest BCUT2D eigenvalue weighted by Gasteiger charge is -2.07. The molecule has 2 rings (SSSR count). The first kappa shape index (κ1) is 13.1. The van der Waals surface area contributed by atoms with Crippen molar-refractivity contribution in [3.05, 3.63) is 42.0 Å². The number of carbonyl (C=O) groups is 1. The van der Waals surface area contributed by atoms with E-state index < -0.39 is 11.8 Å². The predicted molar refractivity (Wildman–Crippen MR) is 66.6 cm³/mol. The molecule has 1 aromatic carbocycles. The number of carboxylic acid groups (broad SMARTS) is 1. The maximum absolute atomic E-state index is 13.2. The van der Waals surface area contributed by atoms with Crippen LogP contribution in [-0.4, -0.2) is 26.4 Å². The second kappa shape index (κ2) is 5.54. The zero-order valence-electron chi connectivity index (χ0n) is 9.58. The third-order valence-corrected chi connectivity index (χ3v) is 3.23. The van der Waals surface area contributed by atoms with Crippen LogP contribution in [0.2, 0.25) is 0 Å². The van der Waals surface area contributed by atoms with Crippen LogP contribution >= 0.6 is 11.8 Å². The van der Waals surface area contributed by atoms with Crippen molar-refractivity contribution in [3.63, 3.8) is 0 Å². The minimum Gasteiger partial charge on any atom is -0.481 e. The van der Waals surface area contributed by atoms with Gasteiger partial charge in [-0.3, -0.25) is 9.36 Å². The van der Waals surface area contributed by atoms with E-state index in [1.807, 2.05) is 0 Å². The number of aliphatic carboxylic acids is 1. The number of imidazole rings is 1. The zero-order valence-corrected chi connectivity index (χ0v) is 10.4. The molecule has 0 amide bonds. The summed E-state index contributed by atoms with van der Waals surface area (Å²) in [4.78, 5) is 14.6. The number of carboxylic acids is 1. The third kappa shape index (κ3) is 2.92. The monoisotopic (exact) mass is 277 g/mol. The Labute approximate surface area is 112 Å². The summed E-state index contributed by atoms with van der Waals surface area (Å²) in [6, 6.07) is 5.84. The van der Waals surface area contributed by atoms with Crippen LogP contribution in [-0.2, 0) is 4.79 Å². The van der Waals surface area contributed by atoms with Crippen LogP contribution < -0.4 is 0 Å². The number of nitriles is 1. The predicted octanol–water partition coefficient (Wildman–Crippen LogP) is 2.06. The Hall–Kier alpha value is -2.33. The van der Waals surface area contributed by atoms with Gasteiger partial charge in [-0.05, 0) is 18.2 Å². The highest BCUT2D eigenvalue weighted by Crippen LogP contribution is 2.21. The first-order chi connectivity index (χ1) is 9.11. The summed E-state index contributed by atoms with van der Waals surface area (Å²) in [5.41, 5.74) is 0.490. The first-order valence-corrected chi connectivity index (χ1v) is 6.18. The lowest BCUT2D eigenvalue weighted by molar-refractivity contribution is -0.133. The summed E-state index contributed by atoms with van der Waals surface area (Å²) in [6.45, 7) is 0. The van der Waals surface area contributed by atoms with E-state index in [1.54, 1.807) is 16.8 Å². The molecule has 1 N–H and O–H groups in total. The first-order valence-electron chi connectivity index (χ1n) is 5.20. The maximum Gasteiger partial charge on any atom is 0.313 e. The number of hydrogen-bond acceptors (Lipinski definition) is 4. The molecule has 0 atom stereocenters. The highest BCUT2D eigenvalue weighted by atomic mass is 32.2. The van der Waals surface area contributed by atoms with Gasteiger partial charge in [0, 0.05) is 18.1 Å². The van der Waals surface area contributed by atoms with Gasteiger partial charge in [0.15, 0.2) is 5.16 Å². The van der Waals surface area contributed by atoms with Crippen molar-refractivity contribution in [2.75, 3.05) is 5.75 Å². The molecule has 0 spiro atoms. The Kier molecular flexibility index (Phi) is 3.82. The number of aromatic nitrogens is 2. The molecule has 0 aliphatic carbocycles. The van der Waals surface area contributed by atoms with Gasteiger partial charge in [0.05, 0.1) is 11.3 Å². The smallest absolute Gasteiger partial charge is 0.313 e. The lowest BCUT2D eigenvalue weighted by atomic mass is 10.2. The van der Waals surface area contributed by atoms with Gasteiger partial charge >= 0.3 is 5.97 Å². The fourth-order valence-corrected chi connectivity index (χ4v) is 2.16. The molecular formula is C12H8FN3O2S. The zero-order chi connectivity index (χ0) is 13.8. The normalized spacial score (nSPS) is 10.1. The molecule has 0 radical (unpaired) electrons. The maximum atomic E-state index is 13.2. The van der Waals surface area contributed by atoms with Crippen LogP contribution in [0.1, 0.15) is 5.56 Å². The standard InChI is InChI=1S/C12H8FN3O2S/c13-10-2-1-9(5-8(10)6-14)16-4-3-15-12(16)19-7-11(17)18/h1-5H,7H2,(H,17,18). The van der Waals surface area contributed by atoms with E-state index in [1.165, 1.54) is 24.4 Å². The number of halogens is 1. The Morgan fingerprint density at radius 3 is 3.05 bits per heavy atom. The Bertz CT molecular complexity index is 663. The molecule has 0 unspecified atom stereocenters. The van der Waals surface area contributed by atoms with Gasteiger partial charge in [0.1, 0.15) is 11.9 Å². The number of nitrogens with zero attached hydrogens (tertiary/aromatic N) is 3. The van der Waals surface area contributed by atoms with Gasteiger partial charge < -0.3 is 5.11 Å². The van der Waals surface area contributed by atoms with E-state index in [0.29, 0.717) is 10.8 Å². The van der Waals surface area contributed by atoms with E-state index in [-0.39, 0.29) is 11.3 Å². The van der Waals surface area contributed by atoms with Crippen LogP contribution in [0.25, 0.3) is 5.69 Å². The van der Waals surface area contributed by atoms with Crippen molar-refractivity contribution >= 4 is 17.7 Å². The summed E-state index contributed by atoms with van der Waals surface area (Å²) in [5.74, 6) is -1.66. The third-order valence-electron chi connectivity index (χ3n) is 2.28. The van der Waals surface area contributed by atoms with Crippen LogP contribution in [0.5, 0.6) is 0 Å². The van der Waals surface area contributed by atoms with Crippen LogP contribution in [0.3, 0.4) is 0 Å². The fourth-order valence-electron chi connectivity index (χ4n) is 1.47. The summed E-state index contributed by atoms with van der Waals surface area (Å²) < 4.78 is 14.8. The van der Waals surface area contributed by atoms with Gasteiger partial charge in [-0.1, -0.05) is 11.8 Å². The second-order valence-corrected chi connectivity index (χ2v) is 4.48. The molecule has 96 valence electrons. The quantitative estimate of drug-likeness (QED) is 0.865. The molecule has 0 bridgehead atoms. The number of benzene rings is 1. The summed E-state index contributed by atoms with van der Waals surface area (Å²) in [6.07, 6.45) is 3.14. The number of rotatable bonds is 4. The Morgan fingerprint density at radius 2 is 2.37 bits per heavy atom. The largest absolute Gasteiger partial charge is 0.481 e. The van der Waals surface area contributed by atoms with Gasteiger partial charge in [-0.2, -0.15) is 5.26 Å². The molecule has 0 saturated carbocycles. The molecule has 1 heterocycles. The molecule has 0 aliphatic heterocycles. The van der Waals surface area contributed by atoms with Gasteiger partial charge in [-0.15, -0.1) is 0 Å². The molecule has 19 heavy (non-hydrogen) atoms. The van der Waals surface area contributed by atoms with Crippen molar-refractivity contribution in [2.45, 2.75) is 5.16 Å². The average molecular weight is 277 g/mol. The van der Waals surface area contributed by atoms with Crippen LogP contribution in [0, 0.1) is 17.1 Å². The number of thioether (sulfide) groups is 1. The molecule has 2 aromatic rings. The SMILES string of the molecule is N#Cc1cc(-n2ccnc2SCC(=O)O)ccc1F. The molecule has 1 aromatic heterocycles. The molecule has 0 fully saturated rings. The van der Waals surface area contributed by atoms with E-state index in [0.717, 1.165) is 11.8 Å². The molecular weight excluding hydrogens is 269 g/mol. The minimum absolute atomic E-state index is 0.0691. The second-order valence-electron chi connectivity index (χ2n) is 3.54. The van der Waals surface area contributed by atoms with Gasteiger partial charge in [0.2, 0.25) is 0 Å². The molecule has 7 heteroatoms. The van der Waals surface area contributed by atoms with Crippen LogP contribution in [0.4, 0.5) is 4.39 Å². The van der Waals surface area contributed by atoms with E-state index in [9.17, 15) is 9.18 Å². The van der Waals surface area contributed by atoms with Gasteiger partial charge in [-0.25, -0.2) is 9.37 Å². The number of hydrogen-bond donors (Lipinski definition) is 1. The Morgan fingerprint density at radius 1 is 1.58 bits per heavy atom. The summed E-state index contributed by atoms with van der Waals surface area (Å²) in [5, 5.41) is 17.9. The minimum atomic E-state index is -0.948. The highest BCUT2D eigenvalue weighted by molar-refractivity contribution is 7.99. The topological polar surface area (TPSA) is 78.9 Å². The van der Waals surface area contributed by atoms with Crippen molar-refractivity contribution in [1.82, 2.24) is 9.55 Å². The van der Waals surface area contributed by atoms with Crippen LogP contribution in [0.15, 0.2) is 35.7 Å². The van der Waals surface area contributed by atoms with Crippen molar-refractivity contribution in [3.8, 4) is 11.8 Å². The average Bonchev–Trinajstić information content (AvgIpc) is 2.85. The molecule has 0 aliphatic rings. The Balaban J connectivity index is 2.35. The van der Waals surface area contributed by atoms with Crippen molar-refractivity contribution in [2.24, 2.45) is 0 Å². The molecule has 0 saturated heterocycles. The summed E-state index contributed by atoms with van der Waals surface area (Å²) >= 11 is 1.05. The van der Waals surface area contributed by atoms with E-state index >= 15 is 0 Å². The van der Waals surface area contributed by atoms with Crippen molar-refractivity contribution in [1.29, 1.82) is 5.26 Å². The van der Waals surface area contributed by atoms with E-state index in [2.05, 4.69) is 4.98 Å².